The summed E-state index contributed by atoms with van der Waals surface area (Å²) in [5, 5.41) is 0. The van der Waals surface area contributed by atoms with E-state index in [2.05, 4.69) is 0 Å². The summed E-state index contributed by atoms with van der Waals surface area (Å²) in [7, 11) is 0. The summed E-state index contributed by atoms with van der Waals surface area (Å²) in [6.07, 6.45) is 2.13. The van der Waals surface area contributed by atoms with Crippen molar-refractivity contribution in [1.29, 1.82) is 0 Å². The zero-order valence-electron chi connectivity index (χ0n) is 11.0. The molecule has 0 N–H and O–H groups in total. The second-order valence-corrected chi connectivity index (χ2v) is 4.03. The van der Waals surface area contributed by atoms with Crippen molar-refractivity contribution in [3.8, 4) is 5.75 Å². The summed E-state index contributed by atoms with van der Waals surface area (Å²) >= 11 is 0. The van der Waals surface area contributed by atoms with E-state index in [1.807, 2.05) is 6.92 Å². The third-order valence-electron chi connectivity index (χ3n) is 2.44. The van der Waals surface area contributed by atoms with E-state index >= 15 is 0 Å². The van der Waals surface area contributed by atoms with Crippen molar-refractivity contribution in [3.05, 3.63) is 54.0 Å². The van der Waals surface area contributed by atoms with E-state index in [0.717, 1.165) is 6.42 Å². The molecule has 0 fully saturated rings. The minimum atomic E-state index is -0.617. The first-order chi connectivity index (χ1) is 9.70. The largest absolute Gasteiger partial charge is 0.462 e. The van der Waals surface area contributed by atoms with Gasteiger partial charge in [-0.25, -0.2) is 9.59 Å². The van der Waals surface area contributed by atoms with Crippen molar-refractivity contribution in [2.24, 2.45) is 0 Å². The van der Waals surface area contributed by atoms with Gasteiger partial charge in [0.1, 0.15) is 5.75 Å². The van der Waals surface area contributed by atoms with Crippen LogP contribution in [0.1, 0.15) is 34.3 Å². The molecule has 0 unspecified atom stereocenters. The minimum Gasteiger partial charge on any atom is -0.462 e. The Morgan fingerprint density at radius 3 is 2.70 bits per heavy atom. The average molecular weight is 274 g/mol. The molecule has 0 saturated carbocycles. The number of benzene rings is 1. The Kier molecular flexibility index (Phi) is 4.55. The second kappa shape index (κ2) is 6.56. The Hall–Kier alpha value is -2.56. The molecule has 5 nitrogen and oxygen atoms in total. The zero-order chi connectivity index (χ0) is 14.4. The Morgan fingerprint density at radius 1 is 1.15 bits per heavy atom. The molecule has 0 atom stereocenters. The molecule has 0 aliphatic heterocycles. The SMILES string of the molecule is CCCOC(=O)c1cccc(OC(=O)c2ccco2)c1. The fourth-order valence-electron chi connectivity index (χ4n) is 1.52. The zero-order valence-corrected chi connectivity index (χ0v) is 11.0. The van der Waals surface area contributed by atoms with Crippen LogP contribution in [0.2, 0.25) is 0 Å². The highest BCUT2D eigenvalue weighted by atomic mass is 16.5. The van der Waals surface area contributed by atoms with Crippen molar-refractivity contribution in [2.75, 3.05) is 6.61 Å². The molecular formula is C15H14O5. The van der Waals surface area contributed by atoms with E-state index in [1.54, 1.807) is 24.3 Å². The predicted molar refractivity (Wildman–Crippen MR) is 70.7 cm³/mol. The van der Waals surface area contributed by atoms with Gasteiger partial charge < -0.3 is 13.9 Å². The summed E-state index contributed by atoms with van der Waals surface area (Å²) in [5.41, 5.74) is 0.336. The maximum absolute atomic E-state index is 11.7. The normalized spacial score (nSPS) is 10.1. The minimum absolute atomic E-state index is 0.101. The Labute approximate surface area is 116 Å². The van der Waals surface area contributed by atoms with Crippen molar-refractivity contribution in [3.63, 3.8) is 0 Å². The molecule has 0 radical (unpaired) electrons. The van der Waals surface area contributed by atoms with E-state index in [4.69, 9.17) is 13.9 Å². The molecule has 1 aromatic carbocycles. The number of ether oxygens (including phenoxy) is 2. The molecule has 0 spiro atoms. The molecule has 2 rings (SSSR count). The van der Waals surface area contributed by atoms with E-state index in [9.17, 15) is 9.59 Å². The molecular weight excluding hydrogens is 260 g/mol. The third kappa shape index (κ3) is 3.47. The first-order valence-corrected chi connectivity index (χ1v) is 6.23. The first kappa shape index (κ1) is 13.9. The number of hydrogen-bond donors (Lipinski definition) is 0. The molecule has 0 saturated heterocycles. The summed E-state index contributed by atoms with van der Waals surface area (Å²) < 4.78 is 15.1. The van der Waals surface area contributed by atoms with E-state index in [1.165, 1.54) is 18.4 Å². The van der Waals surface area contributed by atoms with Crippen molar-refractivity contribution >= 4 is 11.9 Å². The number of furan rings is 1. The molecule has 2 aromatic rings. The second-order valence-electron chi connectivity index (χ2n) is 4.03. The Balaban J connectivity index is 2.06. The van der Waals surface area contributed by atoms with Crippen LogP contribution in [-0.4, -0.2) is 18.5 Å². The summed E-state index contributed by atoms with van der Waals surface area (Å²) in [5.74, 6) is -0.696. The molecule has 104 valence electrons. The predicted octanol–water partition coefficient (Wildman–Crippen LogP) is 3.07. The molecule has 5 heteroatoms. The third-order valence-corrected chi connectivity index (χ3v) is 2.44. The van der Waals surface area contributed by atoms with Gasteiger partial charge in [-0.15, -0.1) is 0 Å². The average Bonchev–Trinajstić information content (AvgIpc) is 2.99. The standard InChI is InChI=1S/C15H14O5/c1-2-8-19-14(16)11-5-3-6-12(10-11)20-15(17)13-7-4-9-18-13/h3-7,9-10H,2,8H2,1H3. The van der Waals surface area contributed by atoms with E-state index in [-0.39, 0.29) is 11.5 Å². The highest BCUT2D eigenvalue weighted by Crippen LogP contribution is 2.16. The highest BCUT2D eigenvalue weighted by molar-refractivity contribution is 5.91. The Morgan fingerprint density at radius 2 is 2.00 bits per heavy atom. The van der Waals surface area contributed by atoms with Gasteiger partial charge in [0.25, 0.3) is 0 Å². The molecule has 0 amide bonds. The molecule has 1 aromatic heterocycles. The van der Waals surface area contributed by atoms with E-state index < -0.39 is 11.9 Å². The van der Waals surface area contributed by atoms with Crippen LogP contribution in [-0.2, 0) is 4.74 Å². The van der Waals surface area contributed by atoms with Crippen LogP contribution >= 0.6 is 0 Å². The molecule has 0 aliphatic rings. The smallest absolute Gasteiger partial charge is 0.379 e. The molecule has 20 heavy (non-hydrogen) atoms. The maximum Gasteiger partial charge on any atom is 0.379 e. The van der Waals surface area contributed by atoms with Crippen LogP contribution < -0.4 is 4.74 Å². The maximum atomic E-state index is 11.7. The number of carbonyl (C=O) groups is 2. The van der Waals surface area contributed by atoms with Crippen LogP contribution in [0.3, 0.4) is 0 Å². The number of rotatable bonds is 5. The van der Waals surface area contributed by atoms with Gasteiger partial charge in [0.05, 0.1) is 18.4 Å². The highest BCUT2D eigenvalue weighted by Gasteiger charge is 2.13. The fraction of sp³-hybridized carbons (Fsp3) is 0.200. The lowest BCUT2D eigenvalue weighted by Crippen LogP contribution is -2.09. The summed E-state index contributed by atoms with van der Waals surface area (Å²) in [6.45, 7) is 2.27. The lowest BCUT2D eigenvalue weighted by Gasteiger charge is -2.05. The van der Waals surface area contributed by atoms with Gasteiger partial charge >= 0.3 is 11.9 Å². The van der Waals surface area contributed by atoms with Gasteiger partial charge in [-0.2, -0.15) is 0 Å². The van der Waals surface area contributed by atoms with Crippen LogP contribution in [0, 0.1) is 0 Å². The molecule has 0 bridgehead atoms. The number of esters is 2. The Bertz CT molecular complexity index is 586. The van der Waals surface area contributed by atoms with Gasteiger partial charge in [-0.3, -0.25) is 0 Å². The topological polar surface area (TPSA) is 65.7 Å². The quantitative estimate of drug-likeness (QED) is 0.619. The van der Waals surface area contributed by atoms with Crippen molar-refractivity contribution in [1.82, 2.24) is 0 Å². The summed E-state index contributed by atoms with van der Waals surface area (Å²) in [6, 6.07) is 9.35. The first-order valence-electron chi connectivity index (χ1n) is 6.23. The number of carbonyl (C=O) groups excluding carboxylic acids is 2. The van der Waals surface area contributed by atoms with Crippen LogP contribution in [0.15, 0.2) is 47.1 Å². The van der Waals surface area contributed by atoms with Crippen LogP contribution in [0.25, 0.3) is 0 Å². The molecule has 1 heterocycles. The van der Waals surface area contributed by atoms with Crippen molar-refractivity contribution < 1.29 is 23.5 Å². The van der Waals surface area contributed by atoms with Gasteiger partial charge in [-0.1, -0.05) is 13.0 Å². The lowest BCUT2D eigenvalue weighted by atomic mass is 10.2. The molecule has 0 aliphatic carbocycles. The van der Waals surface area contributed by atoms with Gasteiger partial charge in [0, 0.05) is 0 Å². The van der Waals surface area contributed by atoms with Gasteiger partial charge in [0.2, 0.25) is 5.76 Å². The van der Waals surface area contributed by atoms with Gasteiger partial charge in [-0.05, 0) is 36.8 Å². The van der Waals surface area contributed by atoms with Gasteiger partial charge in [0.15, 0.2) is 0 Å². The summed E-state index contributed by atoms with van der Waals surface area (Å²) in [4.78, 5) is 23.4. The monoisotopic (exact) mass is 274 g/mol. The number of hydrogen-bond acceptors (Lipinski definition) is 5. The van der Waals surface area contributed by atoms with Crippen LogP contribution in [0.5, 0.6) is 5.75 Å². The van der Waals surface area contributed by atoms with Crippen LogP contribution in [0.4, 0.5) is 0 Å². The lowest BCUT2D eigenvalue weighted by molar-refractivity contribution is 0.0503. The van der Waals surface area contributed by atoms with Crippen molar-refractivity contribution in [2.45, 2.75) is 13.3 Å². The fourth-order valence-corrected chi connectivity index (χ4v) is 1.52. The van der Waals surface area contributed by atoms with E-state index in [0.29, 0.717) is 12.2 Å².